The van der Waals surface area contributed by atoms with Crippen LogP contribution in [0.5, 0.6) is 0 Å². The van der Waals surface area contributed by atoms with E-state index in [9.17, 15) is 26.7 Å². The molecule has 0 radical (unpaired) electrons. The number of rotatable bonds is 8. The molecule has 152 valence electrons. The van der Waals surface area contributed by atoms with Gasteiger partial charge >= 0.3 is 12.3 Å². The van der Waals surface area contributed by atoms with Crippen LogP contribution in [0.3, 0.4) is 0 Å². The van der Waals surface area contributed by atoms with Crippen LogP contribution in [0.25, 0.3) is 0 Å². The Balaban J connectivity index is 0. The van der Waals surface area contributed by atoms with Crippen molar-refractivity contribution in [2.45, 2.75) is 90.5 Å². The molecule has 0 aliphatic heterocycles. The second-order valence-electron chi connectivity index (χ2n) is 6.37. The van der Waals surface area contributed by atoms with Crippen LogP contribution >= 0.6 is 0 Å². The van der Waals surface area contributed by atoms with Crippen molar-refractivity contribution in [1.29, 1.82) is 0 Å². The first kappa shape index (κ1) is 26.1. The molecule has 0 spiro atoms. The molecule has 0 rings (SSSR count). The highest BCUT2D eigenvalue weighted by Crippen LogP contribution is 2.28. The van der Waals surface area contributed by atoms with Gasteiger partial charge in [0.15, 0.2) is 0 Å². The average molecular weight is 379 g/mol. The minimum atomic E-state index is -4.44. The van der Waals surface area contributed by atoms with Crippen LogP contribution in [0.1, 0.15) is 66.7 Å². The number of hydrogen-bond donors (Lipinski definition) is 2. The first-order chi connectivity index (χ1) is 11.2. The van der Waals surface area contributed by atoms with Gasteiger partial charge < -0.3 is 15.2 Å². The van der Waals surface area contributed by atoms with Crippen molar-refractivity contribution < 1.29 is 36.6 Å². The molecule has 1 amide bonds. The minimum Gasteiger partial charge on any atom is -0.444 e. The number of hydrogen-bond acceptors (Lipinski definition) is 3. The summed E-state index contributed by atoms with van der Waals surface area (Å²) < 4.78 is 68.5. The Kier molecular flexibility index (Phi) is 12.0. The molecule has 2 N–H and O–H groups in total. The summed E-state index contributed by atoms with van der Waals surface area (Å²) in [5, 5.41) is 10.7. The van der Waals surface area contributed by atoms with Crippen LogP contribution in [-0.4, -0.2) is 41.5 Å². The van der Waals surface area contributed by atoms with Crippen molar-refractivity contribution >= 4 is 6.09 Å². The van der Waals surface area contributed by atoms with Gasteiger partial charge in [-0.1, -0.05) is 13.8 Å². The normalized spacial score (nSPS) is 13.6. The van der Waals surface area contributed by atoms with Gasteiger partial charge in [0.1, 0.15) is 5.60 Å². The Morgan fingerprint density at radius 3 is 1.88 bits per heavy atom. The monoisotopic (exact) mass is 379 g/mol. The van der Waals surface area contributed by atoms with E-state index in [-0.39, 0.29) is 6.42 Å². The predicted molar refractivity (Wildman–Crippen MR) is 85.7 cm³/mol. The number of amides is 1. The summed E-state index contributed by atoms with van der Waals surface area (Å²) in [6.07, 6.45) is -8.95. The largest absolute Gasteiger partial charge is 0.444 e. The molecule has 25 heavy (non-hydrogen) atoms. The van der Waals surface area contributed by atoms with Crippen molar-refractivity contribution in [3.8, 4) is 0 Å². The second-order valence-corrected chi connectivity index (χ2v) is 6.37. The van der Waals surface area contributed by atoms with Gasteiger partial charge in [-0.25, -0.2) is 13.6 Å². The van der Waals surface area contributed by atoms with Crippen LogP contribution in [0.4, 0.5) is 26.7 Å². The number of ether oxygens (including phenoxy) is 1. The number of aliphatic hydroxyl groups excluding tert-OH is 1. The molecule has 0 aromatic heterocycles. The molecular weight excluding hydrogens is 349 g/mol. The van der Waals surface area contributed by atoms with E-state index in [0.717, 1.165) is 0 Å². The van der Waals surface area contributed by atoms with Gasteiger partial charge in [0, 0.05) is 31.9 Å². The first-order valence-corrected chi connectivity index (χ1v) is 8.29. The first-order valence-electron chi connectivity index (χ1n) is 8.29. The van der Waals surface area contributed by atoms with Crippen LogP contribution in [0.2, 0.25) is 0 Å². The van der Waals surface area contributed by atoms with E-state index in [1.54, 1.807) is 20.8 Å². The molecule has 1 unspecified atom stereocenters. The van der Waals surface area contributed by atoms with E-state index in [1.807, 2.05) is 13.8 Å². The Bertz CT molecular complexity index is 368. The Labute approximate surface area is 146 Å². The summed E-state index contributed by atoms with van der Waals surface area (Å²) in [6.45, 7) is 8.01. The topological polar surface area (TPSA) is 58.6 Å². The highest BCUT2D eigenvalue weighted by molar-refractivity contribution is 5.68. The average Bonchev–Trinajstić information content (AvgIpc) is 2.41. The van der Waals surface area contributed by atoms with E-state index in [0.29, 0.717) is 0 Å². The third-order valence-electron chi connectivity index (χ3n) is 2.83. The molecule has 9 heteroatoms. The molecule has 0 aliphatic rings. The summed E-state index contributed by atoms with van der Waals surface area (Å²) in [6, 6.07) is -1.09. The molecule has 0 fully saturated rings. The lowest BCUT2D eigenvalue weighted by atomic mass is 10.0. The maximum absolute atomic E-state index is 13.3. The van der Waals surface area contributed by atoms with E-state index in [2.05, 4.69) is 5.32 Å². The molecule has 0 aromatic rings. The van der Waals surface area contributed by atoms with Crippen molar-refractivity contribution in [3.63, 3.8) is 0 Å². The summed E-state index contributed by atoms with van der Waals surface area (Å²) in [7, 11) is 0. The Morgan fingerprint density at radius 2 is 1.48 bits per heavy atom. The smallest absolute Gasteiger partial charge is 0.407 e. The standard InChI is InChI=1S/C14H24F5NO3.C2H6/c1-12(2,3)23-11(22)20-10(5-7-14(17,18)19)4-6-13(15,16)8-9-21;1-2/h10,21H,4-9H2,1-3H3,(H,20,22);1-2H3. The number of halogens is 5. The fourth-order valence-corrected chi connectivity index (χ4v) is 1.77. The quantitative estimate of drug-likeness (QED) is 0.581. The molecule has 0 aromatic carbocycles. The lowest BCUT2D eigenvalue weighted by molar-refractivity contribution is -0.137. The van der Waals surface area contributed by atoms with Crippen LogP contribution in [0, 0.1) is 0 Å². The molecule has 0 bridgehead atoms. The zero-order chi connectivity index (χ0) is 20.3. The van der Waals surface area contributed by atoms with Crippen LogP contribution in [-0.2, 0) is 4.74 Å². The molecule has 1 atom stereocenters. The zero-order valence-corrected chi connectivity index (χ0v) is 15.5. The molecular formula is C16H30F5NO3. The molecule has 4 nitrogen and oxygen atoms in total. The molecule has 0 saturated carbocycles. The predicted octanol–water partition coefficient (Wildman–Crippen LogP) is 5.05. The maximum atomic E-state index is 13.3. The van der Waals surface area contributed by atoms with Crippen molar-refractivity contribution in [2.24, 2.45) is 0 Å². The number of aliphatic hydroxyl groups is 1. The SMILES string of the molecule is CC.CC(C)(C)OC(=O)NC(CCC(F)(F)F)CCC(F)(F)CCO. The Morgan fingerprint density at radius 1 is 1.00 bits per heavy atom. The fraction of sp³-hybridized carbons (Fsp3) is 0.938. The fourth-order valence-electron chi connectivity index (χ4n) is 1.77. The minimum absolute atomic E-state index is 0.345. The molecule has 0 saturated heterocycles. The van der Waals surface area contributed by atoms with Gasteiger partial charge in [0.25, 0.3) is 0 Å². The van der Waals surface area contributed by atoms with Gasteiger partial charge in [-0.3, -0.25) is 0 Å². The highest BCUT2D eigenvalue weighted by Gasteiger charge is 2.33. The van der Waals surface area contributed by atoms with Gasteiger partial charge in [-0.05, 0) is 33.6 Å². The van der Waals surface area contributed by atoms with Crippen LogP contribution < -0.4 is 5.32 Å². The van der Waals surface area contributed by atoms with E-state index in [4.69, 9.17) is 9.84 Å². The Hall–Kier alpha value is -1.12. The van der Waals surface area contributed by atoms with Gasteiger partial charge in [0.2, 0.25) is 5.92 Å². The lowest BCUT2D eigenvalue weighted by Gasteiger charge is -2.25. The van der Waals surface area contributed by atoms with Crippen molar-refractivity contribution in [2.75, 3.05) is 6.61 Å². The van der Waals surface area contributed by atoms with E-state index < -0.39 is 62.1 Å². The van der Waals surface area contributed by atoms with Crippen molar-refractivity contribution in [1.82, 2.24) is 5.32 Å². The summed E-state index contributed by atoms with van der Waals surface area (Å²) in [4.78, 5) is 11.6. The third-order valence-corrected chi connectivity index (χ3v) is 2.83. The number of alkyl carbamates (subject to hydrolysis) is 1. The number of nitrogens with one attached hydrogen (secondary N) is 1. The van der Waals surface area contributed by atoms with Gasteiger partial charge in [-0.15, -0.1) is 0 Å². The lowest BCUT2D eigenvalue weighted by Crippen LogP contribution is -2.40. The van der Waals surface area contributed by atoms with Crippen LogP contribution in [0.15, 0.2) is 0 Å². The second kappa shape index (κ2) is 11.5. The van der Waals surface area contributed by atoms with Gasteiger partial charge in [0.05, 0.1) is 0 Å². The highest BCUT2D eigenvalue weighted by atomic mass is 19.4. The third kappa shape index (κ3) is 17.5. The summed E-state index contributed by atoms with van der Waals surface area (Å²) >= 11 is 0. The maximum Gasteiger partial charge on any atom is 0.407 e. The van der Waals surface area contributed by atoms with Crippen molar-refractivity contribution in [3.05, 3.63) is 0 Å². The number of alkyl halides is 5. The van der Waals surface area contributed by atoms with E-state index >= 15 is 0 Å². The molecule has 0 heterocycles. The summed E-state index contributed by atoms with van der Waals surface area (Å²) in [5.41, 5.74) is -0.848. The molecule has 0 aliphatic carbocycles. The number of carbonyl (C=O) groups is 1. The van der Waals surface area contributed by atoms with E-state index in [1.165, 1.54) is 0 Å². The zero-order valence-electron chi connectivity index (χ0n) is 15.5. The number of carbonyl (C=O) groups excluding carboxylic acids is 1. The summed E-state index contributed by atoms with van der Waals surface area (Å²) in [5.74, 6) is -3.19. The van der Waals surface area contributed by atoms with Gasteiger partial charge in [-0.2, -0.15) is 13.2 Å².